The Kier molecular flexibility index (Phi) is 4.60. The van der Waals surface area contributed by atoms with E-state index < -0.39 is 17.4 Å². The van der Waals surface area contributed by atoms with E-state index in [1.165, 1.54) is 25.2 Å². The van der Waals surface area contributed by atoms with Crippen LogP contribution in [0.4, 0.5) is 9.93 Å². The number of anilines is 1. The van der Waals surface area contributed by atoms with Crippen molar-refractivity contribution in [3.8, 4) is 0 Å². The summed E-state index contributed by atoms with van der Waals surface area (Å²) in [4.78, 5) is 22.3. The molecule has 0 aliphatic heterocycles. The van der Waals surface area contributed by atoms with Crippen LogP contribution in [0, 0.1) is 5.41 Å². The van der Waals surface area contributed by atoms with Crippen molar-refractivity contribution < 1.29 is 14.7 Å². The number of hydrogen-bond donors (Lipinski definition) is 3. The third-order valence-electron chi connectivity index (χ3n) is 2.26. The van der Waals surface area contributed by atoms with Crippen LogP contribution in [0.15, 0.2) is 0 Å². The van der Waals surface area contributed by atoms with Crippen LogP contribution < -0.4 is 10.6 Å². The maximum Gasteiger partial charge on any atom is 0.321 e. The van der Waals surface area contributed by atoms with E-state index in [0.717, 1.165) is 11.4 Å². The summed E-state index contributed by atoms with van der Waals surface area (Å²) in [5.41, 5.74) is -1.01. The zero-order valence-corrected chi connectivity index (χ0v) is 11.3. The number of nitrogens with zero attached hydrogens (tertiary/aromatic N) is 2. The highest BCUT2D eigenvalue weighted by Gasteiger charge is 2.27. The fourth-order valence-corrected chi connectivity index (χ4v) is 1.64. The van der Waals surface area contributed by atoms with Crippen molar-refractivity contribution in [2.24, 2.45) is 5.41 Å². The third-order valence-corrected chi connectivity index (χ3v) is 3.24. The molecule has 100 valence electrons. The van der Waals surface area contributed by atoms with E-state index in [2.05, 4.69) is 20.8 Å². The van der Waals surface area contributed by atoms with Crippen LogP contribution >= 0.6 is 11.3 Å². The second-order valence-corrected chi connectivity index (χ2v) is 5.41. The van der Waals surface area contributed by atoms with Gasteiger partial charge in [-0.1, -0.05) is 18.3 Å². The Balaban J connectivity index is 2.45. The molecule has 0 saturated heterocycles. The minimum Gasteiger partial charge on any atom is -0.481 e. The Labute approximate surface area is 109 Å². The number of aryl methyl sites for hydroxylation is 1. The zero-order chi connectivity index (χ0) is 13.8. The van der Waals surface area contributed by atoms with Crippen LogP contribution in [0.2, 0.25) is 0 Å². The first kappa shape index (κ1) is 14.4. The molecule has 1 aromatic heterocycles. The normalized spacial score (nSPS) is 11.1. The minimum atomic E-state index is -1.01. The highest BCUT2D eigenvalue weighted by atomic mass is 32.1. The fraction of sp³-hybridized carbons (Fsp3) is 0.600. The summed E-state index contributed by atoms with van der Waals surface area (Å²) < 4.78 is 0. The minimum absolute atomic E-state index is 0.0353. The summed E-state index contributed by atoms with van der Waals surface area (Å²) in [5, 5.41) is 22.8. The monoisotopic (exact) mass is 272 g/mol. The lowest BCUT2D eigenvalue weighted by Crippen LogP contribution is -2.40. The molecule has 0 saturated carbocycles. The Morgan fingerprint density at radius 1 is 1.39 bits per heavy atom. The SMILES string of the molecule is CCc1nnc(NC(=O)NCC(C)(C)C(=O)O)s1. The number of aromatic nitrogens is 2. The molecular weight excluding hydrogens is 256 g/mol. The van der Waals surface area contributed by atoms with Crippen molar-refractivity contribution in [3.05, 3.63) is 5.01 Å². The first-order valence-corrected chi connectivity index (χ1v) is 6.27. The van der Waals surface area contributed by atoms with Crippen LogP contribution in [-0.4, -0.2) is 33.8 Å². The average molecular weight is 272 g/mol. The van der Waals surface area contributed by atoms with Gasteiger partial charge in [0.05, 0.1) is 5.41 Å². The topological polar surface area (TPSA) is 104 Å². The van der Waals surface area contributed by atoms with Crippen molar-refractivity contribution in [1.29, 1.82) is 0 Å². The molecule has 1 heterocycles. The van der Waals surface area contributed by atoms with Crippen molar-refractivity contribution in [3.63, 3.8) is 0 Å². The summed E-state index contributed by atoms with van der Waals surface area (Å²) in [5.74, 6) is -0.966. The second-order valence-electron chi connectivity index (χ2n) is 4.35. The summed E-state index contributed by atoms with van der Waals surface area (Å²) in [7, 11) is 0. The summed E-state index contributed by atoms with van der Waals surface area (Å²) >= 11 is 1.29. The molecule has 0 aliphatic carbocycles. The van der Waals surface area contributed by atoms with E-state index in [9.17, 15) is 9.59 Å². The van der Waals surface area contributed by atoms with Gasteiger partial charge in [0.25, 0.3) is 0 Å². The van der Waals surface area contributed by atoms with Crippen LogP contribution in [0.3, 0.4) is 0 Å². The van der Waals surface area contributed by atoms with Crippen LogP contribution in [0.25, 0.3) is 0 Å². The molecular formula is C10H16N4O3S. The first-order valence-electron chi connectivity index (χ1n) is 5.46. The van der Waals surface area contributed by atoms with Crippen molar-refractivity contribution in [1.82, 2.24) is 15.5 Å². The number of nitrogens with one attached hydrogen (secondary N) is 2. The predicted octanol–water partition coefficient (Wildman–Crippen LogP) is 1.33. The lowest BCUT2D eigenvalue weighted by molar-refractivity contribution is -0.146. The number of urea groups is 1. The van der Waals surface area contributed by atoms with Crippen molar-refractivity contribution >= 4 is 28.5 Å². The number of carboxylic acids is 1. The maximum atomic E-state index is 11.5. The van der Waals surface area contributed by atoms with E-state index >= 15 is 0 Å². The van der Waals surface area contributed by atoms with Gasteiger partial charge in [-0.3, -0.25) is 10.1 Å². The van der Waals surface area contributed by atoms with Crippen LogP contribution in [0.1, 0.15) is 25.8 Å². The Morgan fingerprint density at radius 2 is 2.06 bits per heavy atom. The quantitative estimate of drug-likeness (QED) is 0.750. The first-order chi connectivity index (χ1) is 8.35. The van der Waals surface area contributed by atoms with E-state index in [1.54, 1.807) is 0 Å². The molecule has 8 heteroatoms. The average Bonchev–Trinajstić information content (AvgIpc) is 2.74. The van der Waals surface area contributed by atoms with Gasteiger partial charge in [0.15, 0.2) is 0 Å². The zero-order valence-electron chi connectivity index (χ0n) is 10.5. The molecule has 1 aromatic rings. The Morgan fingerprint density at radius 3 is 2.56 bits per heavy atom. The molecule has 0 unspecified atom stereocenters. The van der Waals surface area contributed by atoms with Crippen molar-refractivity contribution in [2.45, 2.75) is 27.2 Å². The third kappa shape index (κ3) is 3.95. The van der Waals surface area contributed by atoms with Gasteiger partial charge in [0, 0.05) is 6.54 Å². The van der Waals surface area contributed by atoms with E-state index in [-0.39, 0.29) is 6.54 Å². The van der Waals surface area contributed by atoms with Gasteiger partial charge in [-0.05, 0) is 20.3 Å². The van der Waals surface area contributed by atoms with E-state index in [4.69, 9.17) is 5.11 Å². The molecule has 1 rings (SSSR count). The number of carboxylic acid groups (broad SMARTS) is 1. The number of rotatable bonds is 5. The van der Waals surface area contributed by atoms with Crippen LogP contribution in [-0.2, 0) is 11.2 Å². The van der Waals surface area contributed by atoms with E-state index in [0.29, 0.717) is 5.13 Å². The molecule has 0 spiro atoms. The molecule has 0 bridgehead atoms. The lowest BCUT2D eigenvalue weighted by atomic mass is 9.94. The molecule has 0 aliphatic rings. The van der Waals surface area contributed by atoms with Gasteiger partial charge in [0.2, 0.25) is 5.13 Å². The molecule has 3 N–H and O–H groups in total. The maximum absolute atomic E-state index is 11.5. The molecule has 18 heavy (non-hydrogen) atoms. The standard InChI is InChI=1S/C10H16N4O3S/c1-4-6-13-14-9(18-6)12-8(17)11-5-10(2,3)7(15)16/h4-5H2,1-3H3,(H,15,16)(H2,11,12,14,17). The molecule has 7 nitrogen and oxygen atoms in total. The highest BCUT2D eigenvalue weighted by Crippen LogP contribution is 2.16. The van der Waals surface area contributed by atoms with Gasteiger partial charge >= 0.3 is 12.0 Å². The fourth-order valence-electron chi connectivity index (χ4n) is 0.965. The smallest absolute Gasteiger partial charge is 0.321 e. The van der Waals surface area contributed by atoms with Gasteiger partial charge in [-0.25, -0.2) is 4.79 Å². The number of amides is 2. The van der Waals surface area contributed by atoms with Gasteiger partial charge < -0.3 is 10.4 Å². The molecule has 0 aromatic carbocycles. The number of aliphatic carboxylic acids is 1. The Bertz CT molecular complexity index is 444. The van der Waals surface area contributed by atoms with Gasteiger partial charge in [-0.2, -0.15) is 0 Å². The number of carbonyl (C=O) groups excluding carboxylic acids is 1. The second kappa shape index (κ2) is 5.76. The largest absolute Gasteiger partial charge is 0.481 e. The predicted molar refractivity (Wildman–Crippen MR) is 67.7 cm³/mol. The summed E-state index contributed by atoms with van der Waals surface area (Å²) in [6.45, 7) is 5.05. The highest BCUT2D eigenvalue weighted by molar-refractivity contribution is 7.15. The van der Waals surface area contributed by atoms with E-state index in [1.807, 2.05) is 6.92 Å². The lowest BCUT2D eigenvalue weighted by Gasteiger charge is -2.19. The Hall–Kier alpha value is -1.70. The summed E-state index contributed by atoms with van der Waals surface area (Å²) in [6, 6.07) is -0.483. The number of carbonyl (C=O) groups is 2. The van der Waals surface area contributed by atoms with Gasteiger partial charge in [0.1, 0.15) is 5.01 Å². The molecule has 2 amide bonds. The van der Waals surface area contributed by atoms with Gasteiger partial charge in [-0.15, -0.1) is 10.2 Å². The van der Waals surface area contributed by atoms with Crippen LogP contribution in [0.5, 0.6) is 0 Å². The molecule has 0 radical (unpaired) electrons. The molecule has 0 atom stereocenters. The molecule has 0 fully saturated rings. The summed E-state index contributed by atoms with van der Waals surface area (Å²) in [6.07, 6.45) is 0.757. The number of hydrogen-bond acceptors (Lipinski definition) is 5. The van der Waals surface area contributed by atoms with Crippen molar-refractivity contribution in [2.75, 3.05) is 11.9 Å².